The third-order valence-corrected chi connectivity index (χ3v) is 6.62. The summed E-state index contributed by atoms with van der Waals surface area (Å²) < 4.78 is 35.6. The predicted molar refractivity (Wildman–Crippen MR) is 125 cm³/mol. The molecule has 0 amide bonds. The lowest BCUT2D eigenvalue weighted by atomic mass is 10.1. The van der Waals surface area contributed by atoms with Crippen LogP contribution in [0.3, 0.4) is 0 Å². The van der Waals surface area contributed by atoms with E-state index in [9.17, 15) is 29.2 Å². The Morgan fingerprint density at radius 3 is 2.70 bits per heavy atom. The number of carbonyl (C=O) groups is 1. The zero-order valence-electron chi connectivity index (χ0n) is 19.5. The Bertz CT molecular complexity index is 1300. The Hall–Kier alpha value is -3.49. The quantitative estimate of drug-likeness (QED) is 0.0954. The van der Waals surface area contributed by atoms with Crippen LogP contribution in [0, 0.1) is 0 Å². The van der Waals surface area contributed by atoms with E-state index in [2.05, 4.69) is 15.1 Å². The highest BCUT2D eigenvalue weighted by atomic mass is 31.2. The van der Waals surface area contributed by atoms with E-state index in [1.807, 2.05) is 4.98 Å². The van der Waals surface area contributed by atoms with E-state index in [1.54, 1.807) is 25.1 Å². The number of para-hydroxylation sites is 1. The maximum Gasteiger partial charge on any atom is 0.458 e. The summed E-state index contributed by atoms with van der Waals surface area (Å²) in [4.78, 5) is 39.8. The van der Waals surface area contributed by atoms with Gasteiger partial charge >= 0.3 is 19.4 Å². The number of aromatic amines is 1. The van der Waals surface area contributed by atoms with Crippen molar-refractivity contribution in [2.45, 2.75) is 37.5 Å². The lowest BCUT2D eigenvalue weighted by Gasteiger charge is -2.28. The number of H-pyrrole nitrogens is 1. The van der Waals surface area contributed by atoms with Crippen LogP contribution in [0.4, 0.5) is 0 Å². The van der Waals surface area contributed by atoms with Crippen molar-refractivity contribution in [2.24, 2.45) is 5.11 Å². The molecule has 2 heterocycles. The highest BCUT2D eigenvalue weighted by molar-refractivity contribution is 7.52. The third-order valence-electron chi connectivity index (χ3n) is 5.09. The van der Waals surface area contributed by atoms with E-state index in [-0.39, 0.29) is 25.3 Å². The number of rotatable bonds is 12. The summed E-state index contributed by atoms with van der Waals surface area (Å²) in [6, 6.07) is 8.83. The normalized spacial score (nSPS) is 24.6. The zero-order valence-corrected chi connectivity index (χ0v) is 20.4. The van der Waals surface area contributed by atoms with Crippen molar-refractivity contribution in [1.29, 1.82) is 0 Å². The molecule has 0 radical (unpaired) electrons. The highest BCUT2D eigenvalue weighted by Gasteiger charge is 2.56. The van der Waals surface area contributed by atoms with Crippen molar-refractivity contribution in [3.05, 3.63) is 73.9 Å². The van der Waals surface area contributed by atoms with Crippen LogP contribution in [-0.4, -0.2) is 63.4 Å². The number of hydrogen-bond donors (Lipinski definition) is 4. The SMILES string of the molecule is CCOC(=O)CCNP(=O)(OC[C@@]1(N=[N+]=[N-])O[C@@H](n2ccc(=O)[nH]c2=O)[C@H](O)[C@@H]1O)Oc1ccccc1. The Kier molecular flexibility index (Phi) is 9.23. The molecule has 1 unspecified atom stereocenters. The first-order valence-electron chi connectivity index (χ1n) is 10.9. The van der Waals surface area contributed by atoms with Crippen molar-refractivity contribution >= 4 is 13.7 Å². The topological polar surface area (TPSA) is 227 Å². The second-order valence-electron chi connectivity index (χ2n) is 7.63. The van der Waals surface area contributed by atoms with E-state index < -0.39 is 55.7 Å². The number of hydrogen-bond acceptors (Lipinski definition) is 11. The molecular weight excluding hydrogens is 515 g/mol. The lowest BCUT2D eigenvalue weighted by molar-refractivity contribution is -0.142. The first-order chi connectivity index (χ1) is 17.6. The maximum absolute atomic E-state index is 13.5. The number of nitrogens with zero attached hydrogens (tertiary/aromatic N) is 4. The Morgan fingerprint density at radius 1 is 1.32 bits per heavy atom. The molecule has 0 spiro atoms. The number of carbonyl (C=O) groups excluding carboxylic acids is 1. The van der Waals surface area contributed by atoms with E-state index in [0.29, 0.717) is 0 Å². The Morgan fingerprint density at radius 2 is 2.05 bits per heavy atom. The highest BCUT2D eigenvalue weighted by Crippen LogP contribution is 2.47. The number of aliphatic hydroxyl groups excluding tert-OH is 2. The average molecular weight is 540 g/mol. The summed E-state index contributed by atoms with van der Waals surface area (Å²) in [5.74, 6) is -0.448. The Labute approximate surface area is 209 Å². The van der Waals surface area contributed by atoms with E-state index >= 15 is 0 Å². The minimum Gasteiger partial charge on any atom is -0.466 e. The fourth-order valence-electron chi connectivity index (χ4n) is 3.36. The standard InChI is InChI=1S/C20H25N6O10P/c1-2-33-15(28)8-10-22-37(32,36-13-6-4-3-5-7-13)34-12-20(24-25-21)17(30)16(29)18(35-20)26-11-9-14(27)23-19(26)31/h3-7,9,11,16-18,29-30H,2,8,10,12H2,1H3,(H,22,32)(H,23,27,31)/t16-,17+,18-,20-,37?/m1/s1. The van der Waals surface area contributed by atoms with Gasteiger partial charge in [-0.2, -0.15) is 0 Å². The molecule has 1 aliphatic rings. The van der Waals surface area contributed by atoms with Crippen molar-refractivity contribution in [3.63, 3.8) is 0 Å². The molecule has 5 atom stereocenters. The molecule has 0 bridgehead atoms. The number of azide groups is 1. The third kappa shape index (κ3) is 6.84. The van der Waals surface area contributed by atoms with Crippen LogP contribution in [0.15, 0.2) is 57.3 Å². The molecule has 1 saturated heterocycles. The monoisotopic (exact) mass is 540 g/mol. The lowest BCUT2D eigenvalue weighted by Crippen LogP contribution is -2.45. The Balaban J connectivity index is 1.85. The number of benzene rings is 1. The van der Waals surface area contributed by atoms with Crippen LogP contribution in [0.5, 0.6) is 5.75 Å². The molecule has 16 nitrogen and oxygen atoms in total. The molecule has 4 N–H and O–H groups in total. The van der Waals surface area contributed by atoms with Gasteiger partial charge in [-0.1, -0.05) is 23.3 Å². The summed E-state index contributed by atoms with van der Waals surface area (Å²) in [6.45, 7) is 0.668. The molecule has 200 valence electrons. The average Bonchev–Trinajstić information content (AvgIpc) is 3.09. The van der Waals surface area contributed by atoms with Crippen molar-refractivity contribution in [2.75, 3.05) is 19.8 Å². The fraction of sp³-hybridized carbons (Fsp3) is 0.450. The molecule has 1 aromatic carbocycles. The molecule has 0 aliphatic carbocycles. The van der Waals surface area contributed by atoms with Crippen molar-refractivity contribution in [3.8, 4) is 5.75 Å². The summed E-state index contributed by atoms with van der Waals surface area (Å²) in [5, 5.41) is 27.1. The van der Waals surface area contributed by atoms with Crippen molar-refractivity contribution in [1.82, 2.24) is 14.6 Å². The van der Waals surface area contributed by atoms with E-state index in [4.69, 9.17) is 24.1 Å². The molecule has 17 heteroatoms. The molecule has 1 aliphatic heterocycles. The molecule has 3 rings (SSSR count). The van der Waals surface area contributed by atoms with Crippen LogP contribution in [0.2, 0.25) is 0 Å². The number of nitrogens with one attached hydrogen (secondary N) is 2. The first kappa shape index (κ1) is 28.1. The summed E-state index contributed by atoms with van der Waals surface area (Å²) in [6.07, 6.45) is -4.58. The van der Waals surface area contributed by atoms with Gasteiger partial charge in [-0.3, -0.25) is 23.7 Å². The van der Waals surface area contributed by atoms with Crippen LogP contribution < -0.4 is 20.9 Å². The van der Waals surface area contributed by atoms with Gasteiger partial charge in [0.1, 0.15) is 18.0 Å². The van der Waals surface area contributed by atoms with Gasteiger partial charge in [0.25, 0.3) is 5.56 Å². The van der Waals surface area contributed by atoms with Crippen LogP contribution in [0.1, 0.15) is 19.6 Å². The molecule has 0 saturated carbocycles. The van der Waals surface area contributed by atoms with Gasteiger partial charge in [0, 0.05) is 23.7 Å². The van der Waals surface area contributed by atoms with E-state index in [1.165, 1.54) is 12.1 Å². The summed E-state index contributed by atoms with van der Waals surface area (Å²) in [7, 11) is -4.32. The van der Waals surface area contributed by atoms with Gasteiger partial charge in [0.2, 0.25) is 5.72 Å². The van der Waals surface area contributed by atoms with E-state index in [0.717, 1.165) is 16.8 Å². The molecule has 37 heavy (non-hydrogen) atoms. The van der Waals surface area contributed by atoms with Gasteiger partial charge in [0.15, 0.2) is 6.23 Å². The van der Waals surface area contributed by atoms with Gasteiger partial charge < -0.3 is 24.2 Å². The van der Waals surface area contributed by atoms with Crippen LogP contribution in [0.25, 0.3) is 10.4 Å². The summed E-state index contributed by atoms with van der Waals surface area (Å²) in [5.41, 5.74) is 5.05. The number of esters is 1. The number of ether oxygens (including phenoxy) is 2. The van der Waals surface area contributed by atoms with Gasteiger partial charge in [-0.15, -0.1) is 0 Å². The smallest absolute Gasteiger partial charge is 0.458 e. The fourth-order valence-corrected chi connectivity index (χ4v) is 4.71. The maximum atomic E-state index is 13.5. The number of aliphatic hydroxyl groups is 2. The minimum absolute atomic E-state index is 0.123. The molecule has 2 aromatic rings. The van der Waals surface area contributed by atoms with Gasteiger partial charge in [0.05, 0.1) is 19.6 Å². The zero-order chi connectivity index (χ0) is 27.1. The van der Waals surface area contributed by atoms with Crippen LogP contribution >= 0.6 is 7.75 Å². The first-order valence-corrected chi connectivity index (χ1v) is 12.5. The van der Waals surface area contributed by atoms with Crippen LogP contribution in [-0.2, 0) is 23.4 Å². The summed E-state index contributed by atoms with van der Waals surface area (Å²) >= 11 is 0. The van der Waals surface area contributed by atoms with Gasteiger partial charge in [-0.05, 0) is 24.6 Å². The second kappa shape index (κ2) is 12.2. The molecular formula is C20H25N6O10P. The second-order valence-corrected chi connectivity index (χ2v) is 9.39. The number of aromatic nitrogens is 2. The van der Waals surface area contributed by atoms with Crippen molar-refractivity contribution < 1.29 is 38.1 Å². The predicted octanol–water partition coefficient (Wildman–Crippen LogP) is 0.540. The molecule has 1 fully saturated rings. The largest absolute Gasteiger partial charge is 0.466 e. The van der Waals surface area contributed by atoms with Gasteiger partial charge in [-0.25, -0.2) is 14.4 Å². The minimum atomic E-state index is -4.32. The molecule has 1 aromatic heterocycles.